The van der Waals surface area contributed by atoms with E-state index in [9.17, 15) is 21.4 Å². The van der Waals surface area contributed by atoms with Crippen molar-refractivity contribution in [3.63, 3.8) is 0 Å². The predicted molar refractivity (Wildman–Crippen MR) is 104 cm³/mol. The zero-order chi connectivity index (χ0) is 19.9. The topological polar surface area (TPSA) is 97.7 Å². The fourth-order valence-electron chi connectivity index (χ4n) is 3.06. The largest absolute Gasteiger partial charge is 0.378 e. The highest BCUT2D eigenvalue weighted by molar-refractivity contribution is 7.87. The van der Waals surface area contributed by atoms with E-state index in [0.717, 1.165) is 0 Å². The maximum atomic E-state index is 13.0. The van der Waals surface area contributed by atoms with Crippen LogP contribution in [0.4, 0.5) is 0 Å². The van der Waals surface area contributed by atoms with Gasteiger partial charge in [0.25, 0.3) is 10.1 Å². The highest BCUT2D eigenvalue weighted by Gasteiger charge is 2.24. The minimum absolute atomic E-state index is 0.0173. The molecule has 4 aromatic carbocycles. The van der Waals surface area contributed by atoms with Crippen LogP contribution in [0.2, 0.25) is 0 Å². The summed E-state index contributed by atoms with van der Waals surface area (Å²) in [6.45, 7) is 0. The third-order valence-electron chi connectivity index (χ3n) is 4.24. The first-order chi connectivity index (χ1) is 13.3. The van der Waals surface area contributed by atoms with Gasteiger partial charge in [-0.1, -0.05) is 60.7 Å². The summed E-state index contributed by atoms with van der Waals surface area (Å²) < 4.78 is 64.3. The average Bonchev–Trinajstić information content (AvgIpc) is 2.66. The second kappa shape index (κ2) is 6.59. The van der Waals surface area contributed by atoms with Gasteiger partial charge in [0.1, 0.15) is 9.79 Å². The van der Waals surface area contributed by atoms with E-state index in [2.05, 4.69) is 6.07 Å². The molecule has 0 heterocycles. The molecule has 0 fully saturated rings. The molecule has 6 nitrogen and oxygen atoms in total. The molecular formula is C20H13O6S2. The maximum absolute atomic E-state index is 13.0. The fourth-order valence-corrected chi connectivity index (χ4v) is 4.91. The van der Waals surface area contributed by atoms with Crippen molar-refractivity contribution in [3.05, 3.63) is 78.9 Å². The summed E-state index contributed by atoms with van der Waals surface area (Å²) >= 11 is 0. The van der Waals surface area contributed by atoms with Crippen molar-refractivity contribution in [3.8, 4) is 5.75 Å². The Kier molecular flexibility index (Phi) is 4.34. The van der Waals surface area contributed by atoms with Gasteiger partial charge < -0.3 is 4.18 Å². The Labute approximate surface area is 161 Å². The first-order valence-corrected chi connectivity index (χ1v) is 11.0. The van der Waals surface area contributed by atoms with Gasteiger partial charge in [-0.3, -0.25) is 4.55 Å². The van der Waals surface area contributed by atoms with Crippen molar-refractivity contribution >= 4 is 41.8 Å². The second-order valence-electron chi connectivity index (χ2n) is 6.02. The predicted octanol–water partition coefficient (Wildman–Crippen LogP) is 3.81. The van der Waals surface area contributed by atoms with Gasteiger partial charge in [0.15, 0.2) is 5.75 Å². The molecular weight excluding hydrogens is 400 g/mol. The lowest BCUT2D eigenvalue weighted by Gasteiger charge is -2.13. The van der Waals surface area contributed by atoms with Crippen molar-refractivity contribution < 1.29 is 25.6 Å². The van der Waals surface area contributed by atoms with Gasteiger partial charge in [-0.05, 0) is 22.9 Å². The first kappa shape index (κ1) is 18.4. The number of hydrogen-bond acceptors (Lipinski definition) is 5. The maximum Gasteiger partial charge on any atom is 0.340 e. The lowest BCUT2D eigenvalue weighted by Crippen LogP contribution is -2.11. The molecule has 28 heavy (non-hydrogen) atoms. The lowest BCUT2D eigenvalue weighted by molar-refractivity contribution is 0.479. The van der Waals surface area contributed by atoms with Crippen LogP contribution in [0.1, 0.15) is 0 Å². The Bertz CT molecular complexity index is 1410. The standard InChI is InChI=1S/C20H13O6S2/c21-27(22,23)19-13-5-9-15-8-3-11-17(20(15)19)26-28(24,25)18-12-4-7-14-6-1-2-10-16(14)18/h1-11,13H,(H,21,22,23). The summed E-state index contributed by atoms with van der Waals surface area (Å²) in [5.41, 5.74) is 0. The van der Waals surface area contributed by atoms with Gasteiger partial charge in [0, 0.05) is 16.8 Å². The van der Waals surface area contributed by atoms with Gasteiger partial charge in [0.05, 0.1) is 0 Å². The molecule has 1 N–H and O–H groups in total. The third kappa shape index (κ3) is 3.22. The number of rotatable bonds is 4. The Morgan fingerprint density at radius 3 is 2.21 bits per heavy atom. The SMILES string of the molecule is O=S(=O)(O)c1cccc2cccc(OS(=O)(=O)c3[c]ccc4ccccc34)c12. The van der Waals surface area contributed by atoms with E-state index in [1.54, 1.807) is 42.5 Å². The summed E-state index contributed by atoms with van der Waals surface area (Å²) in [7, 11) is -8.92. The summed E-state index contributed by atoms with van der Waals surface area (Å²) in [5, 5.41) is 1.52. The quantitative estimate of drug-likeness (QED) is 0.404. The molecule has 1 radical (unpaired) electrons. The zero-order valence-electron chi connectivity index (χ0n) is 14.2. The van der Waals surface area contributed by atoms with Crippen LogP contribution in [0.25, 0.3) is 21.5 Å². The molecule has 0 saturated heterocycles. The van der Waals surface area contributed by atoms with Gasteiger partial charge >= 0.3 is 10.1 Å². The highest BCUT2D eigenvalue weighted by atomic mass is 32.2. The molecule has 0 bridgehead atoms. The number of hydrogen-bond donors (Lipinski definition) is 1. The van der Waals surface area contributed by atoms with E-state index in [-0.39, 0.29) is 16.0 Å². The van der Waals surface area contributed by atoms with Crippen molar-refractivity contribution in [1.82, 2.24) is 0 Å². The van der Waals surface area contributed by atoms with Crippen LogP contribution in [0, 0.1) is 6.07 Å². The Morgan fingerprint density at radius 1 is 0.786 bits per heavy atom. The monoisotopic (exact) mass is 413 g/mol. The zero-order valence-corrected chi connectivity index (χ0v) is 15.9. The third-order valence-corrected chi connectivity index (χ3v) is 6.37. The number of benzene rings is 4. The van der Waals surface area contributed by atoms with Crippen LogP contribution in [-0.2, 0) is 20.2 Å². The van der Waals surface area contributed by atoms with Crippen LogP contribution >= 0.6 is 0 Å². The smallest absolute Gasteiger partial charge is 0.340 e. The summed E-state index contributed by atoms with van der Waals surface area (Å²) in [6.07, 6.45) is 0. The molecule has 0 unspecified atom stereocenters. The van der Waals surface area contributed by atoms with Gasteiger partial charge in [-0.2, -0.15) is 16.8 Å². The molecule has 8 heteroatoms. The van der Waals surface area contributed by atoms with Crippen LogP contribution < -0.4 is 4.18 Å². The Hall–Kier alpha value is -2.94. The molecule has 4 aromatic rings. The van der Waals surface area contributed by atoms with Crippen LogP contribution in [0.15, 0.2) is 82.6 Å². The van der Waals surface area contributed by atoms with E-state index in [1.807, 2.05) is 0 Å². The minimum atomic E-state index is -4.59. The molecule has 0 spiro atoms. The van der Waals surface area contributed by atoms with E-state index in [1.165, 1.54) is 30.3 Å². The molecule has 141 valence electrons. The molecule has 0 aliphatic carbocycles. The molecule has 0 aliphatic heterocycles. The van der Waals surface area contributed by atoms with E-state index >= 15 is 0 Å². The molecule has 0 saturated carbocycles. The lowest BCUT2D eigenvalue weighted by atomic mass is 10.1. The van der Waals surface area contributed by atoms with Crippen molar-refractivity contribution in [2.24, 2.45) is 0 Å². The summed E-state index contributed by atoms with van der Waals surface area (Å²) in [4.78, 5) is -0.593. The van der Waals surface area contributed by atoms with Gasteiger partial charge in [-0.15, -0.1) is 0 Å². The summed E-state index contributed by atoms with van der Waals surface area (Å²) in [6, 6.07) is 21.4. The van der Waals surface area contributed by atoms with Gasteiger partial charge in [0.2, 0.25) is 0 Å². The molecule has 4 rings (SSSR count). The molecule has 0 aliphatic rings. The Morgan fingerprint density at radius 2 is 1.46 bits per heavy atom. The fraction of sp³-hybridized carbons (Fsp3) is 0. The van der Waals surface area contributed by atoms with Gasteiger partial charge in [-0.25, -0.2) is 0 Å². The number of fused-ring (bicyclic) bond motifs is 2. The van der Waals surface area contributed by atoms with E-state index < -0.39 is 25.1 Å². The summed E-state index contributed by atoms with van der Waals surface area (Å²) in [5.74, 6) is -0.202. The normalized spacial score (nSPS) is 12.3. The first-order valence-electron chi connectivity index (χ1n) is 8.10. The Balaban J connectivity index is 1.93. The van der Waals surface area contributed by atoms with Crippen molar-refractivity contribution in [1.29, 1.82) is 0 Å². The van der Waals surface area contributed by atoms with E-state index in [0.29, 0.717) is 16.2 Å². The average molecular weight is 413 g/mol. The van der Waals surface area contributed by atoms with Crippen LogP contribution in [0.5, 0.6) is 5.75 Å². The van der Waals surface area contributed by atoms with Crippen LogP contribution in [0.3, 0.4) is 0 Å². The highest BCUT2D eigenvalue weighted by Crippen LogP contribution is 2.34. The minimum Gasteiger partial charge on any atom is -0.378 e. The van der Waals surface area contributed by atoms with Crippen molar-refractivity contribution in [2.45, 2.75) is 9.79 Å². The van der Waals surface area contributed by atoms with Crippen molar-refractivity contribution in [2.75, 3.05) is 0 Å². The van der Waals surface area contributed by atoms with Crippen LogP contribution in [-0.4, -0.2) is 21.4 Å². The molecule has 0 atom stereocenters. The molecule has 0 amide bonds. The molecule has 0 aromatic heterocycles. The second-order valence-corrected chi connectivity index (χ2v) is 8.89. The van der Waals surface area contributed by atoms with E-state index in [4.69, 9.17) is 4.18 Å².